The molecule has 0 aromatic carbocycles. The van der Waals surface area contributed by atoms with E-state index < -0.39 is 22.8 Å². The van der Waals surface area contributed by atoms with Crippen molar-refractivity contribution in [3.05, 3.63) is 0 Å². The van der Waals surface area contributed by atoms with E-state index in [-0.39, 0.29) is 94.7 Å². The largest absolute Gasteiger partial charge is 0.465 e. The SMILES string of the molecule is CN(C)CCCSC(=O)N(CCCC(=O)OCC(C)(COC(=O)CCC1CCCCC1)COC(=O)CCC1CCCCC1)CCCC(=O)OCC(C)(COC(=O)CCC1CCCCC1)COC(=O)CCC1CCCCC1. The van der Waals surface area contributed by atoms with Crippen molar-refractivity contribution in [2.45, 2.75) is 226 Å². The van der Waals surface area contributed by atoms with E-state index in [2.05, 4.69) is 4.90 Å². The van der Waals surface area contributed by atoms with Crippen LogP contribution in [0, 0.1) is 34.5 Å². The van der Waals surface area contributed by atoms with Crippen LogP contribution in [0.15, 0.2) is 0 Å². The van der Waals surface area contributed by atoms with Crippen molar-refractivity contribution in [2.75, 3.05) is 79.1 Å². The molecule has 0 radical (unpaired) electrons. The van der Waals surface area contributed by atoms with E-state index in [1.807, 2.05) is 14.1 Å². The number of hydrogen-bond donors (Lipinski definition) is 0. The summed E-state index contributed by atoms with van der Waals surface area (Å²) in [4.78, 5) is 95.6. The quantitative estimate of drug-likeness (QED) is 0.0328. The summed E-state index contributed by atoms with van der Waals surface area (Å²) < 4.78 is 34.5. The van der Waals surface area contributed by atoms with Crippen molar-refractivity contribution in [1.29, 1.82) is 0 Å². The zero-order valence-corrected chi connectivity index (χ0v) is 48.6. The van der Waals surface area contributed by atoms with Crippen LogP contribution in [0.4, 0.5) is 4.79 Å². The van der Waals surface area contributed by atoms with Gasteiger partial charge in [0.25, 0.3) is 5.24 Å². The molecule has 0 heterocycles. The smallest absolute Gasteiger partial charge is 0.305 e. The van der Waals surface area contributed by atoms with Gasteiger partial charge in [-0.15, -0.1) is 0 Å². The summed E-state index contributed by atoms with van der Waals surface area (Å²) in [5, 5.41) is -0.146. The monoisotopic (exact) mass is 1090 g/mol. The molecular weight excluding hydrogens is 989 g/mol. The zero-order chi connectivity index (χ0) is 54.9. The van der Waals surface area contributed by atoms with E-state index in [0.717, 1.165) is 90.0 Å². The van der Waals surface area contributed by atoms with Gasteiger partial charge < -0.3 is 38.2 Å². The van der Waals surface area contributed by atoms with E-state index in [4.69, 9.17) is 28.4 Å². The highest BCUT2D eigenvalue weighted by molar-refractivity contribution is 8.13. The number of thioether (sulfide) groups is 1. The van der Waals surface area contributed by atoms with Crippen molar-refractivity contribution < 1.29 is 62.0 Å². The molecule has 0 saturated heterocycles. The Balaban J connectivity index is 1.27. The predicted octanol–water partition coefficient (Wildman–Crippen LogP) is 12.4. The van der Waals surface area contributed by atoms with Crippen LogP contribution in [-0.4, -0.2) is 130 Å². The topological polar surface area (TPSA) is 181 Å². The lowest BCUT2D eigenvalue weighted by atomic mass is 9.86. The third-order valence-electron chi connectivity index (χ3n) is 16.3. The van der Waals surface area contributed by atoms with Gasteiger partial charge in [0, 0.05) is 57.4 Å². The first-order valence-electron chi connectivity index (χ1n) is 30.1. The van der Waals surface area contributed by atoms with Gasteiger partial charge in [0.15, 0.2) is 0 Å². The molecule has 0 atom stereocenters. The number of ether oxygens (including phenoxy) is 6. The lowest BCUT2D eigenvalue weighted by Gasteiger charge is -2.29. The fourth-order valence-electron chi connectivity index (χ4n) is 11.2. The van der Waals surface area contributed by atoms with Gasteiger partial charge in [0.2, 0.25) is 0 Å². The van der Waals surface area contributed by atoms with E-state index in [9.17, 15) is 33.6 Å². The molecule has 4 rings (SSSR count). The Hall–Kier alpha value is -3.40. The second kappa shape index (κ2) is 37.5. The molecule has 1 amide bonds. The number of esters is 6. The molecule has 4 aliphatic rings. The minimum absolute atomic E-state index is 0.0183. The Morgan fingerprint density at radius 3 is 0.908 bits per heavy atom. The zero-order valence-electron chi connectivity index (χ0n) is 47.8. The van der Waals surface area contributed by atoms with Crippen molar-refractivity contribution in [1.82, 2.24) is 9.80 Å². The number of carbonyl (C=O) groups excluding carboxylic acids is 7. The lowest BCUT2D eigenvalue weighted by molar-refractivity contribution is -0.163. The van der Waals surface area contributed by atoms with Gasteiger partial charge in [-0.05, 0) is 103 Å². The third kappa shape index (κ3) is 29.5. The van der Waals surface area contributed by atoms with Crippen LogP contribution in [0.3, 0.4) is 0 Å². The summed E-state index contributed by atoms with van der Waals surface area (Å²) in [6.45, 7) is 4.47. The molecule has 76 heavy (non-hydrogen) atoms. The highest BCUT2D eigenvalue weighted by atomic mass is 32.2. The number of carbonyl (C=O) groups is 7. The standard InChI is InChI=1S/C60H102N2O13S/c1-59(44-72-54(65)34-30-48-20-9-5-10-21-48,45-73-55(66)35-31-49-22-11-6-12-23-49)42-70-52(63)28-17-39-62(58(69)76-41-19-38-61(3)4)40-18-29-53(64)71-43-60(2,46-74-56(67)36-32-50-24-13-7-14-25-50)47-75-57(68)37-33-51-26-15-8-16-27-51/h48-51H,5-47H2,1-4H3. The average molecular weight is 1090 g/mol. The molecule has 4 saturated carbocycles. The molecule has 0 bridgehead atoms. The van der Waals surface area contributed by atoms with Gasteiger partial charge in [0.05, 0.1) is 10.8 Å². The molecular formula is C60H102N2O13S. The molecule has 0 aromatic heterocycles. The lowest BCUT2D eigenvalue weighted by Crippen LogP contribution is -2.37. The van der Waals surface area contributed by atoms with E-state index in [0.29, 0.717) is 67.9 Å². The molecule has 0 spiro atoms. The molecule has 0 aromatic rings. The normalized spacial score (nSPS) is 17.4. The molecule has 4 fully saturated rings. The molecule has 0 N–H and O–H groups in total. The Morgan fingerprint density at radius 2 is 0.645 bits per heavy atom. The van der Waals surface area contributed by atoms with Crippen LogP contribution in [0.5, 0.6) is 0 Å². The third-order valence-corrected chi connectivity index (χ3v) is 17.3. The number of rotatable bonds is 36. The van der Waals surface area contributed by atoms with Gasteiger partial charge in [-0.2, -0.15) is 0 Å². The van der Waals surface area contributed by atoms with Crippen LogP contribution >= 0.6 is 11.8 Å². The second-order valence-corrected chi connectivity index (χ2v) is 25.3. The highest BCUT2D eigenvalue weighted by Crippen LogP contribution is 2.32. The first kappa shape index (κ1) is 65.1. The van der Waals surface area contributed by atoms with Crippen molar-refractivity contribution in [2.24, 2.45) is 34.5 Å². The van der Waals surface area contributed by atoms with Gasteiger partial charge in [0.1, 0.15) is 39.6 Å². The number of hydrogen-bond acceptors (Lipinski definition) is 15. The molecule has 436 valence electrons. The number of nitrogens with zero attached hydrogens (tertiary/aromatic N) is 2. The van der Waals surface area contributed by atoms with Gasteiger partial charge in [-0.1, -0.05) is 140 Å². The molecule has 15 nitrogen and oxygen atoms in total. The van der Waals surface area contributed by atoms with Crippen molar-refractivity contribution in [3.63, 3.8) is 0 Å². The second-order valence-electron chi connectivity index (χ2n) is 24.2. The van der Waals surface area contributed by atoms with E-state index in [1.54, 1.807) is 18.7 Å². The Morgan fingerprint density at radius 1 is 0.382 bits per heavy atom. The highest BCUT2D eigenvalue weighted by Gasteiger charge is 2.33. The average Bonchev–Trinajstić information content (AvgIpc) is 3.43. The molecule has 0 unspecified atom stereocenters. The van der Waals surface area contributed by atoms with Crippen LogP contribution in [0.1, 0.15) is 226 Å². The summed E-state index contributed by atoms with van der Waals surface area (Å²) >= 11 is 1.21. The van der Waals surface area contributed by atoms with Crippen molar-refractivity contribution >= 4 is 52.8 Å². The maximum absolute atomic E-state index is 13.6. The molecule has 0 aliphatic heterocycles. The van der Waals surface area contributed by atoms with Gasteiger partial charge in [-0.25, -0.2) is 0 Å². The molecule has 16 heteroatoms. The maximum atomic E-state index is 13.6. The number of amides is 1. The summed E-state index contributed by atoms with van der Waals surface area (Å²) in [6.07, 6.45) is 29.6. The Kier molecular flexibility index (Phi) is 32.1. The summed E-state index contributed by atoms with van der Waals surface area (Å²) in [5.41, 5.74) is -1.91. The fraction of sp³-hybridized carbons (Fsp3) is 0.883. The van der Waals surface area contributed by atoms with Crippen LogP contribution in [0.25, 0.3) is 0 Å². The maximum Gasteiger partial charge on any atom is 0.305 e. The summed E-state index contributed by atoms with van der Waals surface area (Å²) in [7, 11) is 3.96. The Bertz CT molecular complexity index is 1520. The van der Waals surface area contributed by atoms with Crippen molar-refractivity contribution in [3.8, 4) is 0 Å². The van der Waals surface area contributed by atoms with Crippen LogP contribution in [-0.2, 0) is 57.2 Å². The predicted molar refractivity (Wildman–Crippen MR) is 296 cm³/mol. The van der Waals surface area contributed by atoms with Crippen LogP contribution < -0.4 is 0 Å². The summed E-state index contributed by atoms with van der Waals surface area (Å²) in [6, 6.07) is 0. The van der Waals surface area contributed by atoms with Gasteiger partial charge >= 0.3 is 35.8 Å². The van der Waals surface area contributed by atoms with Crippen LogP contribution in [0.2, 0.25) is 0 Å². The first-order valence-corrected chi connectivity index (χ1v) is 31.1. The fourth-order valence-corrected chi connectivity index (χ4v) is 12.0. The van der Waals surface area contributed by atoms with E-state index >= 15 is 0 Å². The minimum Gasteiger partial charge on any atom is -0.465 e. The summed E-state index contributed by atoms with van der Waals surface area (Å²) in [5.74, 6) is 0.546. The van der Waals surface area contributed by atoms with E-state index in [1.165, 1.54) is 88.8 Å². The Labute approximate surface area is 462 Å². The molecule has 4 aliphatic carbocycles. The van der Waals surface area contributed by atoms with Gasteiger partial charge in [-0.3, -0.25) is 33.6 Å². The minimum atomic E-state index is -0.953. The first-order chi connectivity index (χ1) is 36.6.